The summed E-state index contributed by atoms with van der Waals surface area (Å²) in [5.74, 6) is 0.518. The van der Waals surface area contributed by atoms with Crippen molar-refractivity contribution in [2.24, 2.45) is 23.7 Å². The van der Waals surface area contributed by atoms with Gasteiger partial charge in [0.05, 0.1) is 17.5 Å². The first-order valence-electron chi connectivity index (χ1n) is 14.6. The Morgan fingerprint density at radius 2 is 1.85 bits per heavy atom. The topological polar surface area (TPSA) is 95.9 Å². The minimum atomic E-state index is -3.82. The number of fused-ring (bicyclic) bond motifs is 3. The zero-order chi connectivity index (χ0) is 28.4. The molecule has 0 saturated heterocycles. The van der Waals surface area contributed by atoms with Crippen LogP contribution in [0.4, 0.5) is 5.69 Å². The van der Waals surface area contributed by atoms with Crippen molar-refractivity contribution >= 4 is 33.2 Å². The molecule has 2 N–H and O–H groups in total. The second-order valence-corrected chi connectivity index (χ2v) is 14.5. The maximum Gasteiger partial charge on any atom is 0.264 e. The van der Waals surface area contributed by atoms with E-state index in [1.165, 1.54) is 5.56 Å². The first kappa shape index (κ1) is 29.2. The van der Waals surface area contributed by atoms with Gasteiger partial charge in [-0.15, -0.1) is 0 Å². The Kier molecular flexibility index (Phi) is 8.98. The van der Waals surface area contributed by atoms with E-state index < -0.39 is 22.0 Å². The van der Waals surface area contributed by atoms with Crippen molar-refractivity contribution < 1.29 is 23.1 Å². The summed E-state index contributed by atoms with van der Waals surface area (Å²) in [4.78, 5) is 15.5. The molecule has 5 rings (SSSR count). The summed E-state index contributed by atoms with van der Waals surface area (Å²) in [6, 6.07) is 11.1. The molecule has 0 spiro atoms. The molecule has 2 aliphatic heterocycles. The van der Waals surface area contributed by atoms with E-state index in [9.17, 15) is 18.3 Å². The molecule has 0 unspecified atom stereocenters. The van der Waals surface area contributed by atoms with Crippen LogP contribution in [-0.2, 0) is 23.1 Å². The molecule has 2 bridgehead atoms. The lowest BCUT2D eigenvalue weighted by Gasteiger charge is -2.44. The number of hydrogen-bond acceptors (Lipinski definition) is 6. The molecule has 0 aromatic heterocycles. The molecular weight excluding hydrogens is 548 g/mol. The fraction of sp³-hybridized carbons (Fsp3) is 0.581. The van der Waals surface area contributed by atoms with Gasteiger partial charge in [-0.2, -0.15) is 0 Å². The van der Waals surface area contributed by atoms with Crippen LogP contribution < -0.4 is 14.4 Å². The van der Waals surface area contributed by atoms with Crippen LogP contribution >= 0.6 is 11.6 Å². The predicted octanol–water partition coefficient (Wildman–Crippen LogP) is 5.57. The van der Waals surface area contributed by atoms with Crippen molar-refractivity contribution in [3.05, 3.63) is 58.1 Å². The average molecular weight is 589 g/mol. The van der Waals surface area contributed by atoms with E-state index in [-0.39, 0.29) is 29.1 Å². The van der Waals surface area contributed by atoms with Crippen molar-refractivity contribution in [3.8, 4) is 5.75 Å². The Bertz CT molecular complexity index is 1330. The molecule has 1 fully saturated rings. The van der Waals surface area contributed by atoms with Crippen LogP contribution in [0.25, 0.3) is 0 Å². The molecule has 2 aromatic rings. The number of rotatable bonds is 0. The molecule has 1 amide bonds. The number of aliphatic hydroxyl groups excluding tert-OH is 1. The van der Waals surface area contributed by atoms with E-state index in [4.69, 9.17) is 16.3 Å². The Hall–Kier alpha value is -2.29. The molecule has 5 atom stereocenters. The Balaban J connectivity index is 1.52. The smallest absolute Gasteiger partial charge is 0.264 e. The Morgan fingerprint density at radius 3 is 2.62 bits per heavy atom. The predicted molar refractivity (Wildman–Crippen MR) is 158 cm³/mol. The lowest BCUT2D eigenvalue weighted by Crippen LogP contribution is -2.44. The van der Waals surface area contributed by atoms with Crippen LogP contribution in [-0.4, -0.2) is 44.4 Å². The average Bonchev–Trinajstić information content (AvgIpc) is 2.88. The molecule has 7 nitrogen and oxygen atoms in total. The zero-order valence-electron chi connectivity index (χ0n) is 23.4. The third kappa shape index (κ3) is 6.94. The largest absolute Gasteiger partial charge is 0.487 e. The van der Waals surface area contributed by atoms with E-state index in [1.54, 1.807) is 18.2 Å². The molecule has 2 heterocycles. The van der Waals surface area contributed by atoms with Crippen LogP contribution in [0.3, 0.4) is 0 Å². The van der Waals surface area contributed by atoms with Gasteiger partial charge in [0.25, 0.3) is 5.91 Å². The minimum absolute atomic E-state index is 0.130. The fourth-order valence-electron chi connectivity index (χ4n) is 6.75. The van der Waals surface area contributed by atoms with Crippen LogP contribution in [0, 0.1) is 23.7 Å². The number of aliphatic hydroxyl groups is 1. The second kappa shape index (κ2) is 12.3. The highest BCUT2D eigenvalue weighted by Crippen LogP contribution is 2.42. The zero-order valence-corrected chi connectivity index (χ0v) is 25.0. The van der Waals surface area contributed by atoms with E-state index >= 15 is 0 Å². The van der Waals surface area contributed by atoms with Crippen molar-refractivity contribution in [2.75, 3.05) is 23.7 Å². The van der Waals surface area contributed by atoms with Gasteiger partial charge in [0, 0.05) is 23.7 Å². The number of amides is 1. The van der Waals surface area contributed by atoms with Crippen LogP contribution in [0.1, 0.15) is 73.9 Å². The summed E-state index contributed by atoms with van der Waals surface area (Å²) >= 11 is 6.30. The van der Waals surface area contributed by atoms with Crippen LogP contribution in [0.2, 0.25) is 5.02 Å². The van der Waals surface area contributed by atoms with Gasteiger partial charge in [-0.25, -0.2) is 13.1 Å². The van der Waals surface area contributed by atoms with Crippen LogP contribution in [0.5, 0.6) is 5.75 Å². The first-order chi connectivity index (χ1) is 19.1. The van der Waals surface area contributed by atoms with Crippen molar-refractivity contribution in [1.82, 2.24) is 4.72 Å². The summed E-state index contributed by atoms with van der Waals surface area (Å²) in [5.41, 5.74) is 3.34. The highest BCUT2D eigenvalue weighted by molar-refractivity contribution is 7.90. The number of carbonyl (C=O) groups is 1. The van der Waals surface area contributed by atoms with Gasteiger partial charge in [0.1, 0.15) is 12.4 Å². The number of anilines is 1. The third-order valence-corrected chi connectivity index (χ3v) is 10.6. The highest BCUT2D eigenvalue weighted by atomic mass is 35.5. The minimum Gasteiger partial charge on any atom is -0.487 e. The lowest BCUT2D eigenvalue weighted by molar-refractivity contribution is 0.000858. The number of aryl methyl sites for hydroxylation is 1. The SMILES string of the molecule is C[C@@H]1C[C@H](C)CS(=O)(=O)NC(=O)c2ccc3c(c2)N(CCCCc2cc(Cl)ccc2CO3)C[C@@H]2CC[C@H]2[C@H](O)C1. The molecule has 218 valence electrons. The number of halogens is 1. The Morgan fingerprint density at radius 1 is 1.02 bits per heavy atom. The summed E-state index contributed by atoms with van der Waals surface area (Å²) in [6.45, 7) is 5.86. The van der Waals surface area contributed by atoms with Crippen molar-refractivity contribution in [3.63, 3.8) is 0 Å². The van der Waals surface area contributed by atoms with E-state index in [0.29, 0.717) is 36.1 Å². The molecule has 1 aliphatic carbocycles. The van der Waals surface area contributed by atoms with Gasteiger partial charge in [-0.3, -0.25) is 4.79 Å². The third-order valence-electron chi connectivity index (χ3n) is 8.86. The standard InChI is InChI=1S/C31H41ClN2O5S/c1-20-13-21(2)19-40(37,38)33-31(36)23-8-11-30-28(16-23)34(17-24-7-10-27(24)29(35)14-20)12-4-3-5-22-15-26(32)9-6-25(22)18-39-30/h6,8-9,11,15-16,20-21,24,27,29,35H,3-5,7,10,12-14,17-19H2,1-2H3,(H,33,36)/t20-,21+,24+,27-,29-/m1/s1. The van der Waals surface area contributed by atoms with Crippen molar-refractivity contribution in [2.45, 2.75) is 71.5 Å². The van der Waals surface area contributed by atoms with E-state index in [2.05, 4.69) is 16.5 Å². The number of carbonyl (C=O) groups excluding carboxylic acids is 1. The Labute approximate surface area is 243 Å². The van der Waals surface area contributed by atoms with Gasteiger partial charge in [-0.1, -0.05) is 31.5 Å². The van der Waals surface area contributed by atoms with Gasteiger partial charge >= 0.3 is 0 Å². The van der Waals surface area contributed by atoms with Gasteiger partial charge in [0.15, 0.2) is 0 Å². The number of nitrogens with one attached hydrogen (secondary N) is 1. The first-order valence-corrected chi connectivity index (χ1v) is 16.6. The molecular formula is C31H41ClN2O5S. The second-order valence-electron chi connectivity index (χ2n) is 12.3. The van der Waals surface area contributed by atoms with Gasteiger partial charge in [0.2, 0.25) is 10.0 Å². The molecule has 2 aromatic carbocycles. The van der Waals surface area contributed by atoms with Crippen molar-refractivity contribution in [1.29, 1.82) is 0 Å². The molecule has 9 heteroatoms. The normalized spacial score (nSPS) is 29.4. The summed E-state index contributed by atoms with van der Waals surface area (Å²) in [6.07, 6.45) is 5.79. The number of sulfonamides is 1. The van der Waals surface area contributed by atoms with Gasteiger partial charge in [-0.05, 0) is 110 Å². The monoisotopic (exact) mass is 588 g/mol. The summed E-state index contributed by atoms with van der Waals surface area (Å²) < 4.78 is 34.4. The maximum absolute atomic E-state index is 13.2. The summed E-state index contributed by atoms with van der Waals surface area (Å²) in [5, 5.41) is 11.9. The number of hydrogen-bond donors (Lipinski definition) is 2. The molecule has 1 saturated carbocycles. The molecule has 3 aliphatic rings. The number of ether oxygens (including phenoxy) is 1. The lowest BCUT2D eigenvalue weighted by atomic mass is 9.68. The number of nitrogens with zero attached hydrogens (tertiary/aromatic N) is 1. The maximum atomic E-state index is 13.2. The summed E-state index contributed by atoms with van der Waals surface area (Å²) in [7, 11) is -3.82. The molecule has 0 radical (unpaired) electrons. The molecule has 40 heavy (non-hydrogen) atoms. The fourth-order valence-corrected chi connectivity index (χ4v) is 8.31. The van der Waals surface area contributed by atoms with E-state index in [1.807, 2.05) is 25.1 Å². The highest BCUT2D eigenvalue weighted by Gasteiger charge is 2.38. The van der Waals surface area contributed by atoms with E-state index in [0.717, 1.165) is 56.4 Å². The quantitative estimate of drug-likeness (QED) is 0.417. The van der Waals surface area contributed by atoms with Crippen LogP contribution in [0.15, 0.2) is 36.4 Å². The van der Waals surface area contributed by atoms with Gasteiger partial charge < -0.3 is 14.7 Å². The number of benzene rings is 2.